The Balaban J connectivity index is 1.82. The Morgan fingerprint density at radius 2 is 2.21 bits per heavy atom. The van der Waals surface area contributed by atoms with Crippen molar-refractivity contribution in [2.45, 2.75) is 19.4 Å². The summed E-state index contributed by atoms with van der Waals surface area (Å²) >= 11 is 0. The van der Waals surface area contributed by atoms with E-state index in [-0.39, 0.29) is 6.04 Å². The highest BCUT2D eigenvalue weighted by Gasteiger charge is 2.15. The number of H-pyrrole nitrogens is 1. The standard InChI is InChI=1S/C16H21N3/c1-12(17)11-19-8-6-13(7-9-19)15-10-18-16-5-3-2-4-14(15)16/h2-6,10,12,18H,7-9,11,17H2,1H3. The maximum Gasteiger partial charge on any atom is 0.0460 e. The Morgan fingerprint density at radius 1 is 1.37 bits per heavy atom. The van der Waals surface area contributed by atoms with E-state index in [2.05, 4.69) is 53.3 Å². The van der Waals surface area contributed by atoms with Crippen LogP contribution >= 0.6 is 0 Å². The second-order valence-electron chi connectivity index (χ2n) is 5.46. The van der Waals surface area contributed by atoms with Crippen LogP contribution in [0.3, 0.4) is 0 Å². The molecule has 0 saturated heterocycles. The van der Waals surface area contributed by atoms with Gasteiger partial charge in [-0.25, -0.2) is 0 Å². The Labute approximate surface area is 114 Å². The number of nitrogens with two attached hydrogens (primary N) is 1. The van der Waals surface area contributed by atoms with E-state index in [1.807, 2.05) is 0 Å². The minimum Gasteiger partial charge on any atom is -0.361 e. The topological polar surface area (TPSA) is 45.0 Å². The average molecular weight is 255 g/mol. The number of rotatable bonds is 3. The predicted molar refractivity (Wildman–Crippen MR) is 81.0 cm³/mol. The van der Waals surface area contributed by atoms with E-state index in [1.54, 1.807) is 0 Å². The molecule has 3 heteroatoms. The summed E-state index contributed by atoms with van der Waals surface area (Å²) in [5.74, 6) is 0. The number of nitrogens with zero attached hydrogens (tertiary/aromatic N) is 1. The Morgan fingerprint density at radius 3 is 2.95 bits per heavy atom. The first-order valence-electron chi connectivity index (χ1n) is 6.97. The largest absolute Gasteiger partial charge is 0.361 e. The lowest BCUT2D eigenvalue weighted by atomic mass is 9.99. The maximum absolute atomic E-state index is 5.86. The van der Waals surface area contributed by atoms with Crippen LogP contribution in [-0.2, 0) is 0 Å². The molecule has 1 aliphatic heterocycles. The fourth-order valence-electron chi connectivity index (χ4n) is 2.87. The summed E-state index contributed by atoms with van der Waals surface area (Å²) in [6.45, 7) is 5.17. The van der Waals surface area contributed by atoms with Crippen LogP contribution in [0, 0.1) is 0 Å². The number of hydrogen-bond donors (Lipinski definition) is 2. The van der Waals surface area contributed by atoms with Gasteiger partial charge in [-0.05, 0) is 25.0 Å². The van der Waals surface area contributed by atoms with E-state index >= 15 is 0 Å². The summed E-state index contributed by atoms with van der Waals surface area (Å²) in [5, 5.41) is 1.33. The van der Waals surface area contributed by atoms with Crippen molar-refractivity contribution < 1.29 is 0 Å². The number of fused-ring (bicyclic) bond motifs is 1. The summed E-state index contributed by atoms with van der Waals surface area (Å²) in [6.07, 6.45) is 5.59. The van der Waals surface area contributed by atoms with Crippen molar-refractivity contribution in [3.63, 3.8) is 0 Å². The molecule has 2 heterocycles. The van der Waals surface area contributed by atoms with Gasteiger partial charge in [0.25, 0.3) is 0 Å². The molecule has 3 nitrogen and oxygen atoms in total. The smallest absolute Gasteiger partial charge is 0.0460 e. The van der Waals surface area contributed by atoms with Gasteiger partial charge in [0.05, 0.1) is 0 Å². The molecule has 1 aromatic heterocycles. The van der Waals surface area contributed by atoms with Crippen molar-refractivity contribution in [3.8, 4) is 0 Å². The third kappa shape index (κ3) is 2.57. The minimum absolute atomic E-state index is 0.253. The van der Waals surface area contributed by atoms with Gasteiger partial charge < -0.3 is 10.7 Å². The van der Waals surface area contributed by atoms with Gasteiger partial charge in [0.15, 0.2) is 0 Å². The zero-order valence-corrected chi connectivity index (χ0v) is 11.4. The van der Waals surface area contributed by atoms with E-state index in [9.17, 15) is 0 Å². The van der Waals surface area contributed by atoms with Gasteiger partial charge in [-0.1, -0.05) is 24.3 Å². The fraction of sp³-hybridized carbons (Fsp3) is 0.375. The lowest BCUT2D eigenvalue weighted by molar-refractivity contribution is 0.287. The first kappa shape index (κ1) is 12.5. The quantitative estimate of drug-likeness (QED) is 0.885. The highest BCUT2D eigenvalue weighted by molar-refractivity contribution is 5.92. The normalized spacial score (nSPS) is 18.5. The summed E-state index contributed by atoms with van der Waals surface area (Å²) in [6, 6.07) is 8.75. The lowest BCUT2D eigenvalue weighted by Gasteiger charge is -2.27. The number of benzene rings is 1. The molecule has 1 unspecified atom stereocenters. The third-order valence-corrected chi connectivity index (χ3v) is 3.77. The highest BCUT2D eigenvalue weighted by atomic mass is 15.1. The van der Waals surface area contributed by atoms with Crippen LogP contribution in [0.15, 0.2) is 36.5 Å². The van der Waals surface area contributed by atoms with Crippen molar-refractivity contribution in [3.05, 3.63) is 42.1 Å². The molecule has 0 radical (unpaired) electrons. The Hall–Kier alpha value is -1.58. The molecule has 1 aromatic carbocycles. The van der Waals surface area contributed by atoms with Crippen molar-refractivity contribution in [1.82, 2.24) is 9.88 Å². The van der Waals surface area contributed by atoms with Crippen LogP contribution in [0.1, 0.15) is 18.9 Å². The second kappa shape index (κ2) is 5.19. The predicted octanol–water partition coefficient (Wildman–Crippen LogP) is 2.60. The molecule has 19 heavy (non-hydrogen) atoms. The maximum atomic E-state index is 5.86. The number of para-hydroxylation sites is 1. The average Bonchev–Trinajstić information content (AvgIpc) is 2.83. The lowest BCUT2D eigenvalue weighted by Crippen LogP contribution is -2.37. The first-order valence-corrected chi connectivity index (χ1v) is 6.97. The number of aromatic amines is 1. The highest BCUT2D eigenvalue weighted by Crippen LogP contribution is 2.28. The SMILES string of the molecule is CC(N)CN1CC=C(c2c[nH]c3ccccc23)CC1. The third-order valence-electron chi connectivity index (χ3n) is 3.77. The van der Waals surface area contributed by atoms with Crippen molar-refractivity contribution >= 4 is 16.5 Å². The molecular formula is C16H21N3. The van der Waals surface area contributed by atoms with Crippen LogP contribution in [0.4, 0.5) is 0 Å². The van der Waals surface area contributed by atoms with E-state index < -0.39 is 0 Å². The van der Waals surface area contributed by atoms with Crippen molar-refractivity contribution in [2.75, 3.05) is 19.6 Å². The zero-order valence-electron chi connectivity index (χ0n) is 11.4. The molecule has 3 rings (SSSR count). The van der Waals surface area contributed by atoms with Crippen LogP contribution in [0.5, 0.6) is 0 Å². The molecule has 0 saturated carbocycles. The van der Waals surface area contributed by atoms with E-state index in [0.717, 1.165) is 26.1 Å². The Kier molecular flexibility index (Phi) is 3.40. The Bertz CT molecular complexity index is 595. The van der Waals surface area contributed by atoms with Gasteiger partial charge >= 0.3 is 0 Å². The van der Waals surface area contributed by atoms with E-state index in [4.69, 9.17) is 5.73 Å². The minimum atomic E-state index is 0.253. The molecule has 0 aliphatic carbocycles. The fourth-order valence-corrected chi connectivity index (χ4v) is 2.87. The van der Waals surface area contributed by atoms with Gasteiger partial charge in [0.2, 0.25) is 0 Å². The molecule has 100 valence electrons. The zero-order chi connectivity index (χ0) is 13.2. The van der Waals surface area contributed by atoms with Crippen LogP contribution in [0.2, 0.25) is 0 Å². The molecule has 0 amide bonds. The monoisotopic (exact) mass is 255 g/mol. The van der Waals surface area contributed by atoms with Gasteiger partial charge in [0.1, 0.15) is 0 Å². The van der Waals surface area contributed by atoms with E-state index in [1.165, 1.54) is 22.0 Å². The van der Waals surface area contributed by atoms with Crippen molar-refractivity contribution in [1.29, 1.82) is 0 Å². The van der Waals surface area contributed by atoms with Crippen LogP contribution < -0.4 is 5.73 Å². The van der Waals surface area contributed by atoms with Gasteiger partial charge in [-0.15, -0.1) is 0 Å². The van der Waals surface area contributed by atoms with Gasteiger partial charge in [0, 0.05) is 48.3 Å². The molecule has 3 N–H and O–H groups in total. The van der Waals surface area contributed by atoms with Crippen LogP contribution in [0.25, 0.3) is 16.5 Å². The summed E-state index contributed by atoms with van der Waals surface area (Å²) < 4.78 is 0. The second-order valence-corrected chi connectivity index (χ2v) is 5.46. The summed E-state index contributed by atoms with van der Waals surface area (Å²) in [7, 11) is 0. The summed E-state index contributed by atoms with van der Waals surface area (Å²) in [5.41, 5.74) is 9.89. The molecular weight excluding hydrogens is 234 g/mol. The number of hydrogen-bond acceptors (Lipinski definition) is 2. The van der Waals surface area contributed by atoms with Crippen molar-refractivity contribution in [2.24, 2.45) is 5.73 Å². The molecule has 1 atom stereocenters. The van der Waals surface area contributed by atoms with Crippen LogP contribution in [-0.4, -0.2) is 35.6 Å². The molecule has 1 aliphatic rings. The summed E-state index contributed by atoms with van der Waals surface area (Å²) in [4.78, 5) is 5.77. The molecule has 0 spiro atoms. The molecule has 2 aromatic rings. The molecule has 0 bridgehead atoms. The first-order chi connectivity index (χ1) is 9.24. The number of aromatic nitrogens is 1. The van der Waals surface area contributed by atoms with E-state index in [0.29, 0.717) is 0 Å². The van der Waals surface area contributed by atoms with Gasteiger partial charge in [-0.2, -0.15) is 0 Å². The number of nitrogens with one attached hydrogen (secondary N) is 1. The molecule has 0 fully saturated rings. The van der Waals surface area contributed by atoms with Gasteiger partial charge in [-0.3, -0.25) is 4.90 Å².